The molecule has 21 heavy (non-hydrogen) atoms. The van der Waals surface area contributed by atoms with Gasteiger partial charge >= 0.3 is 0 Å². The minimum absolute atomic E-state index is 0.0824. The molecule has 0 radical (unpaired) electrons. The van der Waals surface area contributed by atoms with Crippen molar-refractivity contribution < 1.29 is 9.66 Å². The maximum atomic E-state index is 10.7. The first kappa shape index (κ1) is 15.1. The van der Waals surface area contributed by atoms with Gasteiger partial charge in [-0.25, -0.2) is 0 Å². The van der Waals surface area contributed by atoms with Gasteiger partial charge < -0.3 is 10.1 Å². The van der Waals surface area contributed by atoms with E-state index in [2.05, 4.69) is 5.32 Å². The lowest BCUT2D eigenvalue weighted by Crippen LogP contribution is -2.00. The van der Waals surface area contributed by atoms with Crippen LogP contribution in [0.2, 0.25) is 5.02 Å². The van der Waals surface area contributed by atoms with Crippen LogP contribution in [0.3, 0.4) is 0 Å². The molecule has 0 aliphatic carbocycles. The van der Waals surface area contributed by atoms with Gasteiger partial charge in [-0.2, -0.15) is 0 Å². The first-order chi connectivity index (χ1) is 10.1. The predicted octanol–water partition coefficient (Wildman–Crippen LogP) is 4.26. The topological polar surface area (TPSA) is 64.4 Å². The molecule has 6 heteroatoms. The van der Waals surface area contributed by atoms with Gasteiger partial charge in [-0.15, -0.1) is 0 Å². The van der Waals surface area contributed by atoms with Crippen LogP contribution in [0.15, 0.2) is 42.5 Å². The highest BCUT2D eigenvalue weighted by Crippen LogP contribution is 2.28. The van der Waals surface area contributed by atoms with Gasteiger partial charge in [-0.05, 0) is 30.7 Å². The lowest BCUT2D eigenvalue weighted by Gasteiger charge is -2.10. The first-order valence-corrected chi connectivity index (χ1v) is 6.87. The standard InChI is InChI=1S/C15H15ClN2O3/c1-2-21-15-7-6-12(9-14(15)16)17-10-11-4-3-5-13(8-11)18(19)20/h3-9,17H,2,10H2,1H3. The minimum atomic E-state index is -0.406. The fourth-order valence-corrected chi connectivity index (χ4v) is 2.10. The largest absolute Gasteiger partial charge is 0.492 e. The van der Waals surface area contributed by atoms with Gasteiger partial charge in [0.1, 0.15) is 5.75 Å². The number of halogens is 1. The van der Waals surface area contributed by atoms with Crippen LogP contribution in [0.4, 0.5) is 11.4 Å². The summed E-state index contributed by atoms with van der Waals surface area (Å²) < 4.78 is 5.36. The van der Waals surface area contributed by atoms with Crippen molar-refractivity contribution in [3.63, 3.8) is 0 Å². The molecule has 0 spiro atoms. The Kier molecular flexibility index (Phi) is 5.00. The monoisotopic (exact) mass is 306 g/mol. The summed E-state index contributed by atoms with van der Waals surface area (Å²) in [5.41, 5.74) is 1.74. The Hall–Kier alpha value is -2.27. The number of nitro groups is 1. The SMILES string of the molecule is CCOc1ccc(NCc2cccc([N+](=O)[O-])c2)cc1Cl. The van der Waals surface area contributed by atoms with Crippen molar-refractivity contribution in [2.75, 3.05) is 11.9 Å². The Morgan fingerprint density at radius 2 is 2.10 bits per heavy atom. The maximum absolute atomic E-state index is 10.7. The van der Waals surface area contributed by atoms with Crippen molar-refractivity contribution in [1.29, 1.82) is 0 Å². The molecule has 0 aromatic heterocycles. The summed E-state index contributed by atoms with van der Waals surface area (Å²) in [6, 6.07) is 11.9. The van der Waals surface area contributed by atoms with E-state index in [4.69, 9.17) is 16.3 Å². The lowest BCUT2D eigenvalue weighted by atomic mass is 10.2. The number of nitrogens with one attached hydrogen (secondary N) is 1. The molecule has 0 saturated carbocycles. The summed E-state index contributed by atoms with van der Waals surface area (Å²) in [7, 11) is 0. The molecular formula is C15H15ClN2O3. The molecule has 0 fully saturated rings. The van der Waals surface area contributed by atoms with Crippen LogP contribution >= 0.6 is 11.6 Å². The summed E-state index contributed by atoms with van der Waals surface area (Å²) in [4.78, 5) is 10.3. The van der Waals surface area contributed by atoms with Crippen LogP contribution in [0.25, 0.3) is 0 Å². The van der Waals surface area contributed by atoms with Gasteiger partial charge in [0, 0.05) is 24.4 Å². The molecule has 0 atom stereocenters. The maximum Gasteiger partial charge on any atom is 0.269 e. The molecule has 2 aromatic rings. The molecule has 110 valence electrons. The number of nitrogens with zero attached hydrogens (tertiary/aromatic N) is 1. The highest BCUT2D eigenvalue weighted by atomic mass is 35.5. The molecule has 2 rings (SSSR count). The van der Waals surface area contributed by atoms with Gasteiger partial charge in [0.05, 0.1) is 16.6 Å². The number of anilines is 1. The van der Waals surface area contributed by atoms with Gasteiger partial charge in [0.2, 0.25) is 0 Å². The Morgan fingerprint density at radius 3 is 2.76 bits per heavy atom. The molecule has 0 saturated heterocycles. The Morgan fingerprint density at radius 1 is 1.29 bits per heavy atom. The van der Waals surface area contributed by atoms with E-state index in [1.807, 2.05) is 19.1 Å². The Bertz CT molecular complexity index is 647. The Balaban J connectivity index is 2.04. The highest BCUT2D eigenvalue weighted by Gasteiger charge is 2.06. The van der Waals surface area contributed by atoms with E-state index in [-0.39, 0.29) is 5.69 Å². The van der Waals surface area contributed by atoms with E-state index in [0.717, 1.165) is 11.3 Å². The molecule has 0 aliphatic rings. The predicted molar refractivity (Wildman–Crippen MR) is 83.0 cm³/mol. The van der Waals surface area contributed by atoms with Crippen LogP contribution in [0.1, 0.15) is 12.5 Å². The van der Waals surface area contributed by atoms with E-state index < -0.39 is 4.92 Å². The fourth-order valence-electron chi connectivity index (χ4n) is 1.87. The third kappa shape index (κ3) is 4.10. The molecule has 0 heterocycles. The molecule has 0 bridgehead atoms. The normalized spacial score (nSPS) is 10.2. The highest BCUT2D eigenvalue weighted by molar-refractivity contribution is 6.32. The third-order valence-corrected chi connectivity index (χ3v) is 3.15. The van der Waals surface area contributed by atoms with E-state index in [1.54, 1.807) is 24.3 Å². The van der Waals surface area contributed by atoms with Crippen molar-refractivity contribution in [3.05, 3.63) is 63.2 Å². The zero-order valence-electron chi connectivity index (χ0n) is 11.5. The summed E-state index contributed by atoms with van der Waals surface area (Å²) >= 11 is 6.10. The van der Waals surface area contributed by atoms with Crippen molar-refractivity contribution in [3.8, 4) is 5.75 Å². The van der Waals surface area contributed by atoms with Crippen LogP contribution < -0.4 is 10.1 Å². The summed E-state index contributed by atoms with van der Waals surface area (Å²) in [5, 5.41) is 14.4. The number of rotatable bonds is 6. The summed E-state index contributed by atoms with van der Waals surface area (Å²) in [6.45, 7) is 2.93. The quantitative estimate of drug-likeness (QED) is 0.640. The van der Waals surface area contributed by atoms with E-state index in [0.29, 0.717) is 23.9 Å². The van der Waals surface area contributed by atoms with Crippen molar-refractivity contribution in [2.24, 2.45) is 0 Å². The van der Waals surface area contributed by atoms with Gasteiger partial charge in [0.15, 0.2) is 0 Å². The second-order valence-corrected chi connectivity index (χ2v) is 4.77. The molecular weight excluding hydrogens is 292 g/mol. The zero-order valence-corrected chi connectivity index (χ0v) is 12.3. The molecule has 0 aliphatic heterocycles. The lowest BCUT2D eigenvalue weighted by molar-refractivity contribution is -0.384. The van der Waals surface area contributed by atoms with Crippen LogP contribution in [0, 0.1) is 10.1 Å². The molecule has 0 unspecified atom stereocenters. The number of ether oxygens (including phenoxy) is 1. The van der Waals surface area contributed by atoms with Crippen molar-refractivity contribution in [1.82, 2.24) is 0 Å². The zero-order chi connectivity index (χ0) is 15.2. The summed E-state index contributed by atoms with van der Waals surface area (Å²) in [6.07, 6.45) is 0. The second kappa shape index (κ2) is 6.95. The third-order valence-electron chi connectivity index (χ3n) is 2.85. The molecule has 1 N–H and O–H groups in total. The van der Waals surface area contributed by atoms with Crippen molar-refractivity contribution in [2.45, 2.75) is 13.5 Å². The average Bonchev–Trinajstić information content (AvgIpc) is 2.48. The average molecular weight is 307 g/mol. The van der Waals surface area contributed by atoms with Gasteiger partial charge in [0.25, 0.3) is 5.69 Å². The smallest absolute Gasteiger partial charge is 0.269 e. The van der Waals surface area contributed by atoms with Crippen molar-refractivity contribution >= 4 is 23.0 Å². The Labute approximate surface area is 127 Å². The number of nitro benzene ring substituents is 1. The molecule has 5 nitrogen and oxygen atoms in total. The van der Waals surface area contributed by atoms with E-state index in [9.17, 15) is 10.1 Å². The number of non-ortho nitro benzene ring substituents is 1. The van der Waals surface area contributed by atoms with E-state index in [1.165, 1.54) is 6.07 Å². The number of hydrogen-bond acceptors (Lipinski definition) is 4. The van der Waals surface area contributed by atoms with Crippen LogP contribution in [-0.4, -0.2) is 11.5 Å². The second-order valence-electron chi connectivity index (χ2n) is 4.36. The van der Waals surface area contributed by atoms with Crippen LogP contribution in [0.5, 0.6) is 5.75 Å². The summed E-state index contributed by atoms with van der Waals surface area (Å²) in [5.74, 6) is 0.639. The first-order valence-electron chi connectivity index (χ1n) is 6.49. The van der Waals surface area contributed by atoms with Gasteiger partial charge in [-0.3, -0.25) is 10.1 Å². The number of hydrogen-bond donors (Lipinski definition) is 1. The number of benzene rings is 2. The fraction of sp³-hybridized carbons (Fsp3) is 0.200. The molecule has 2 aromatic carbocycles. The van der Waals surface area contributed by atoms with Gasteiger partial charge in [-0.1, -0.05) is 23.7 Å². The molecule has 0 amide bonds. The van der Waals surface area contributed by atoms with E-state index >= 15 is 0 Å². The van der Waals surface area contributed by atoms with Crippen LogP contribution in [-0.2, 0) is 6.54 Å². The minimum Gasteiger partial charge on any atom is -0.492 e.